The summed E-state index contributed by atoms with van der Waals surface area (Å²) in [7, 11) is 0. The molecular formula is C20H20N3O4+. The van der Waals surface area contributed by atoms with Crippen molar-refractivity contribution in [3.05, 3.63) is 53.7 Å². The van der Waals surface area contributed by atoms with Crippen LogP contribution in [0, 0.1) is 6.92 Å². The average Bonchev–Trinajstić information content (AvgIpc) is 3.08. The standard InChI is InChI=1S/C20H19N3O4/c1-4-26-20(25)15-11-21-23-17-10-6-9-16(22(17)13(3)27-19(15)23)14-8-5-7-12(2)18(14)24/h5-11,13H,4H2,1-3H3/p+1. The Balaban J connectivity index is 1.90. The minimum atomic E-state index is -0.466. The van der Waals surface area contributed by atoms with Crippen LogP contribution in [0.25, 0.3) is 17.1 Å². The fourth-order valence-electron chi connectivity index (χ4n) is 3.33. The number of carbonyl (C=O) groups excluding carboxylic acids is 1. The predicted octanol–water partition coefficient (Wildman–Crippen LogP) is 2.93. The normalized spacial score (nSPS) is 14.9. The van der Waals surface area contributed by atoms with E-state index in [1.807, 2.05) is 54.8 Å². The lowest BCUT2D eigenvalue weighted by Crippen LogP contribution is -2.50. The number of rotatable bonds is 3. The van der Waals surface area contributed by atoms with Crippen molar-refractivity contribution in [3.8, 4) is 28.7 Å². The minimum absolute atomic E-state index is 0.226. The molecule has 27 heavy (non-hydrogen) atoms. The predicted molar refractivity (Wildman–Crippen MR) is 96.9 cm³/mol. The molecule has 0 fully saturated rings. The molecule has 1 atom stereocenters. The number of phenols is 1. The number of fused-ring (bicyclic) bond motifs is 3. The molecule has 0 aliphatic carbocycles. The number of phenolic OH excluding ortho intramolecular Hbond substituents is 1. The van der Waals surface area contributed by atoms with Gasteiger partial charge in [0.2, 0.25) is 6.23 Å². The first-order chi connectivity index (χ1) is 13.0. The van der Waals surface area contributed by atoms with Crippen molar-refractivity contribution in [2.45, 2.75) is 27.0 Å². The maximum absolute atomic E-state index is 12.2. The van der Waals surface area contributed by atoms with Gasteiger partial charge in [0.1, 0.15) is 11.4 Å². The fraction of sp³-hybridized carbons (Fsp3) is 0.250. The summed E-state index contributed by atoms with van der Waals surface area (Å²) in [5.41, 5.74) is 2.58. The zero-order chi connectivity index (χ0) is 19.1. The number of hydrogen-bond acceptors (Lipinski definition) is 5. The monoisotopic (exact) mass is 366 g/mol. The van der Waals surface area contributed by atoms with Gasteiger partial charge < -0.3 is 14.6 Å². The van der Waals surface area contributed by atoms with Crippen LogP contribution in [0.3, 0.4) is 0 Å². The molecule has 7 nitrogen and oxygen atoms in total. The molecule has 1 unspecified atom stereocenters. The summed E-state index contributed by atoms with van der Waals surface area (Å²) < 4.78 is 14.6. The molecule has 1 aliphatic rings. The highest BCUT2D eigenvalue weighted by molar-refractivity contribution is 5.91. The molecule has 138 valence electrons. The van der Waals surface area contributed by atoms with Gasteiger partial charge in [0.15, 0.2) is 5.56 Å². The Morgan fingerprint density at radius 2 is 2.11 bits per heavy atom. The smallest absolute Gasteiger partial charge is 0.347 e. The second-order valence-electron chi connectivity index (χ2n) is 6.32. The van der Waals surface area contributed by atoms with Gasteiger partial charge in [-0.25, -0.2) is 4.79 Å². The number of aromatic nitrogens is 3. The Morgan fingerprint density at radius 3 is 2.89 bits per heavy atom. The Hall–Kier alpha value is -3.35. The van der Waals surface area contributed by atoms with Gasteiger partial charge in [-0.05, 0) is 37.6 Å². The molecule has 7 heteroatoms. The molecule has 1 aliphatic heterocycles. The first-order valence-corrected chi connectivity index (χ1v) is 8.78. The Kier molecular flexibility index (Phi) is 4.07. The largest absolute Gasteiger partial charge is 0.507 e. The number of ether oxygens (including phenoxy) is 2. The minimum Gasteiger partial charge on any atom is -0.507 e. The number of benzene rings is 1. The van der Waals surface area contributed by atoms with Crippen molar-refractivity contribution in [1.82, 2.24) is 9.78 Å². The first-order valence-electron chi connectivity index (χ1n) is 8.78. The van der Waals surface area contributed by atoms with E-state index in [-0.39, 0.29) is 12.4 Å². The Labute approximate surface area is 156 Å². The SMILES string of the molecule is CCOC(=O)c1cnn2c1OC(C)[n+]1c(-c3cccc(C)c3O)cccc1-2. The van der Waals surface area contributed by atoms with E-state index >= 15 is 0 Å². The summed E-state index contributed by atoms with van der Waals surface area (Å²) in [6.07, 6.45) is 1.04. The number of aryl methyl sites for hydroxylation is 1. The summed E-state index contributed by atoms with van der Waals surface area (Å²) in [5, 5.41) is 14.9. The van der Waals surface area contributed by atoms with E-state index in [2.05, 4.69) is 5.10 Å². The van der Waals surface area contributed by atoms with Gasteiger partial charge >= 0.3 is 17.7 Å². The van der Waals surface area contributed by atoms with Crippen LogP contribution in [0.2, 0.25) is 0 Å². The van der Waals surface area contributed by atoms with E-state index in [1.165, 1.54) is 6.20 Å². The molecular weight excluding hydrogens is 346 g/mol. The van der Waals surface area contributed by atoms with Crippen molar-refractivity contribution < 1.29 is 23.9 Å². The topological polar surface area (TPSA) is 77.5 Å². The third kappa shape index (κ3) is 2.63. The van der Waals surface area contributed by atoms with E-state index < -0.39 is 12.2 Å². The quantitative estimate of drug-likeness (QED) is 0.570. The molecule has 3 heterocycles. The molecule has 4 rings (SSSR count). The summed E-state index contributed by atoms with van der Waals surface area (Å²) in [6.45, 7) is 5.77. The van der Waals surface area contributed by atoms with Gasteiger partial charge in [0, 0.05) is 13.0 Å². The van der Waals surface area contributed by atoms with Gasteiger partial charge in [-0.1, -0.05) is 21.9 Å². The molecule has 1 aromatic carbocycles. The summed E-state index contributed by atoms with van der Waals surface area (Å²) in [4.78, 5) is 12.2. The highest BCUT2D eigenvalue weighted by Crippen LogP contribution is 2.34. The summed E-state index contributed by atoms with van der Waals surface area (Å²) >= 11 is 0. The molecule has 1 N–H and O–H groups in total. The van der Waals surface area contributed by atoms with Gasteiger partial charge in [-0.3, -0.25) is 0 Å². The third-order valence-electron chi connectivity index (χ3n) is 4.60. The zero-order valence-corrected chi connectivity index (χ0v) is 15.3. The second-order valence-corrected chi connectivity index (χ2v) is 6.32. The summed E-state index contributed by atoms with van der Waals surface area (Å²) in [6, 6.07) is 11.3. The highest BCUT2D eigenvalue weighted by atomic mass is 16.5. The van der Waals surface area contributed by atoms with Gasteiger partial charge in [0.05, 0.1) is 18.4 Å². The molecule has 0 amide bonds. The molecule has 0 saturated carbocycles. The van der Waals surface area contributed by atoms with E-state index in [9.17, 15) is 9.90 Å². The van der Waals surface area contributed by atoms with Crippen LogP contribution in [-0.2, 0) is 4.74 Å². The molecule has 0 radical (unpaired) electrons. The lowest BCUT2D eigenvalue weighted by atomic mass is 10.1. The van der Waals surface area contributed by atoms with Crippen LogP contribution in [0.4, 0.5) is 0 Å². The third-order valence-corrected chi connectivity index (χ3v) is 4.60. The van der Waals surface area contributed by atoms with E-state index in [0.29, 0.717) is 17.0 Å². The van der Waals surface area contributed by atoms with Gasteiger partial charge in [0.25, 0.3) is 0 Å². The number of pyridine rings is 1. The number of para-hydroxylation sites is 1. The van der Waals surface area contributed by atoms with Crippen LogP contribution >= 0.6 is 0 Å². The highest BCUT2D eigenvalue weighted by Gasteiger charge is 2.38. The van der Waals surface area contributed by atoms with Crippen LogP contribution in [0.1, 0.15) is 36.0 Å². The fourth-order valence-corrected chi connectivity index (χ4v) is 3.33. The van der Waals surface area contributed by atoms with Crippen LogP contribution < -0.4 is 9.30 Å². The van der Waals surface area contributed by atoms with E-state index in [1.54, 1.807) is 11.6 Å². The van der Waals surface area contributed by atoms with Gasteiger partial charge in [-0.15, -0.1) is 0 Å². The van der Waals surface area contributed by atoms with Crippen LogP contribution in [-0.4, -0.2) is 27.5 Å². The van der Waals surface area contributed by atoms with E-state index in [4.69, 9.17) is 9.47 Å². The van der Waals surface area contributed by atoms with Gasteiger partial charge in [-0.2, -0.15) is 4.57 Å². The molecule has 0 saturated heterocycles. The first kappa shape index (κ1) is 17.1. The van der Waals surface area contributed by atoms with Crippen molar-refractivity contribution in [2.24, 2.45) is 0 Å². The van der Waals surface area contributed by atoms with Crippen molar-refractivity contribution in [2.75, 3.05) is 6.61 Å². The zero-order valence-electron chi connectivity index (χ0n) is 15.3. The maximum atomic E-state index is 12.2. The van der Waals surface area contributed by atoms with Crippen molar-refractivity contribution in [1.29, 1.82) is 0 Å². The Morgan fingerprint density at radius 1 is 1.33 bits per heavy atom. The lowest BCUT2D eigenvalue weighted by molar-refractivity contribution is -0.740. The number of hydrogen-bond donors (Lipinski definition) is 1. The molecule has 2 aromatic heterocycles. The Bertz CT molecular complexity index is 1040. The number of carbonyl (C=O) groups is 1. The van der Waals surface area contributed by atoms with E-state index in [0.717, 1.165) is 17.1 Å². The second kappa shape index (κ2) is 6.42. The van der Waals surface area contributed by atoms with Crippen LogP contribution in [0.5, 0.6) is 11.6 Å². The van der Waals surface area contributed by atoms with Crippen molar-refractivity contribution >= 4 is 5.97 Å². The number of aromatic hydroxyl groups is 1. The number of esters is 1. The molecule has 0 bridgehead atoms. The lowest BCUT2D eigenvalue weighted by Gasteiger charge is -2.22. The molecule has 0 spiro atoms. The van der Waals surface area contributed by atoms with Crippen LogP contribution in [0.15, 0.2) is 42.6 Å². The summed E-state index contributed by atoms with van der Waals surface area (Å²) in [5.74, 6) is 0.847. The maximum Gasteiger partial charge on any atom is 0.347 e. The van der Waals surface area contributed by atoms with Crippen molar-refractivity contribution in [3.63, 3.8) is 0 Å². The average molecular weight is 366 g/mol. The molecule has 3 aromatic rings. The number of nitrogens with zero attached hydrogens (tertiary/aromatic N) is 3.